The van der Waals surface area contributed by atoms with Crippen molar-refractivity contribution in [3.8, 4) is 5.75 Å². The number of hydrogen-bond acceptors (Lipinski definition) is 5. The number of rotatable bonds is 5. The van der Waals surface area contributed by atoms with Crippen LogP contribution in [0.5, 0.6) is 5.75 Å². The van der Waals surface area contributed by atoms with E-state index >= 15 is 0 Å². The average Bonchev–Trinajstić information content (AvgIpc) is 3.24. The first-order chi connectivity index (χ1) is 17.9. The van der Waals surface area contributed by atoms with Gasteiger partial charge in [0, 0.05) is 31.9 Å². The number of piperidine rings is 1. The molecular weight excluding hydrogens is 474 g/mol. The van der Waals surface area contributed by atoms with Crippen molar-refractivity contribution in [3.63, 3.8) is 0 Å². The first kappa shape index (κ1) is 24.6. The van der Waals surface area contributed by atoms with Gasteiger partial charge in [-0.3, -0.25) is 14.4 Å². The van der Waals surface area contributed by atoms with Crippen molar-refractivity contribution < 1.29 is 23.9 Å². The largest absolute Gasteiger partial charge is 0.495 e. The summed E-state index contributed by atoms with van der Waals surface area (Å²) in [5.41, 5.74) is 4.07. The number of ether oxygens (including phenoxy) is 1. The van der Waals surface area contributed by atoms with Crippen LogP contribution in [0.1, 0.15) is 30.4 Å². The van der Waals surface area contributed by atoms with Crippen LogP contribution >= 0.6 is 0 Å². The van der Waals surface area contributed by atoms with Gasteiger partial charge in [-0.1, -0.05) is 12.1 Å². The van der Waals surface area contributed by atoms with Crippen molar-refractivity contribution in [1.82, 2.24) is 10.2 Å². The van der Waals surface area contributed by atoms with Crippen LogP contribution in [0.3, 0.4) is 0 Å². The lowest BCUT2D eigenvalue weighted by Crippen LogP contribution is -2.44. The molecule has 0 bridgehead atoms. The topological polar surface area (TPSA) is 120 Å². The summed E-state index contributed by atoms with van der Waals surface area (Å²) in [6.07, 6.45) is 3.50. The number of aryl methyl sites for hydroxylation is 1. The first-order valence-corrected chi connectivity index (χ1v) is 12.7. The molecule has 37 heavy (non-hydrogen) atoms. The molecule has 0 aromatic heterocycles. The van der Waals surface area contributed by atoms with E-state index in [1.165, 1.54) is 0 Å². The summed E-state index contributed by atoms with van der Waals surface area (Å²) < 4.78 is 5.28. The number of benzene rings is 2. The van der Waals surface area contributed by atoms with Crippen LogP contribution in [0.25, 0.3) is 0 Å². The van der Waals surface area contributed by atoms with Gasteiger partial charge in [0.1, 0.15) is 5.75 Å². The maximum atomic E-state index is 12.6. The molecule has 5 rings (SSSR count). The van der Waals surface area contributed by atoms with Crippen molar-refractivity contribution >= 4 is 40.8 Å². The van der Waals surface area contributed by atoms with Gasteiger partial charge in [-0.2, -0.15) is 0 Å². The number of anilines is 3. The van der Waals surface area contributed by atoms with Crippen LogP contribution in [0.15, 0.2) is 36.4 Å². The Hall–Kier alpha value is -4.08. The third-order valence-electron chi connectivity index (χ3n) is 7.27. The van der Waals surface area contributed by atoms with Gasteiger partial charge in [0.05, 0.1) is 24.9 Å². The Kier molecular flexibility index (Phi) is 6.98. The monoisotopic (exact) mass is 505 g/mol. The van der Waals surface area contributed by atoms with Gasteiger partial charge in [0.25, 0.3) is 0 Å². The number of likely N-dealkylation sites (tertiary alicyclic amines) is 1. The van der Waals surface area contributed by atoms with Gasteiger partial charge >= 0.3 is 17.8 Å². The molecule has 2 aromatic rings. The van der Waals surface area contributed by atoms with E-state index in [2.05, 4.69) is 16.0 Å². The smallest absolute Gasteiger partial charge is 0.321 e. The van der Waals surface area contributed by atoms with Crippen LogP contribution in [0.4, 0.5) is 21.9 Å². The highest BCUT2D eigenvalue weighted by atomic mass is 16.5. The quantitative estimate of drug-likeness (QED) is 0.540. The molecule has 1 fully saturated rings. The lowest BCUT2D eigenvalue weighted by molar-refractivity contribution is -0.136. The second-order valence-corrected chi connectivity index (χ2v) is 9.69. The normalized spacial score (nSPS) is 16.7. The summed E-state index contributed by atoms with van der Waals surface area (Å²) >= 11 is 0. The van der Waals surface area contributed by atoms with Crippen LogP contribution in [-0.2, 0) is 27.2 Å². The van der Waals surface area contributed by atoms with Gasteiger partial charge in [0.2, 0.25) is 5.91 Å². The zero-order valence-electron chi connectivity index (χ0n) is 20.8. The molecule has 0 aliphatic carbocycles. The minimum Gasteiger partial charge on any atom is -0.495 e. The highest BCUT2D eigenvalue weighted by Crippen LogP contribution is 2.38. The van der Waals surface area contributed by atoms with Crippen LogP contribution in [0, 0.1) is 5.92 Å². The number of amides is 5. The number of para-hydroxylation sites is 2. The number of carbonyl (C=O) groups is 4. The Labute approximate surface area is 215 Å². The fraction of sp³-hybridized carbons (Fsp3) is 0.407. The van der Waals surface area contributed by atoms with E-state index < -0.39 is 11.8 Å². The Morgan fingerprint density at radius 3 is 2.54 bits per heavy atom. The van der Waals surface area contributed by atoms with Crippen LogP contribution in [0.2, 0.25) is 0 Å². The SMILES string of the molecule is COc1ccccc1NC(=O)N1CCC(CNC(=O)C(=O)Nc2cc3c4c(c2)CC(=O)N4CCC3)CC1. The third-order valence-corrected chi connectivity index (χ3v) is 7.27. The fourth-order valence-corrected chi connectivity index (χ4v) is 5.34. The van der Waals surface area contributed by atoms with Crippen molar-refractivity contribution in [1.29, 1.82) is 0 Å². The van der Waals surface area contributed by atoms with E-state index in [-0.39, 0.29) is 17.9 Å². The number of nitrogens with zero attached hydrogens (tertiary/aromatic N) is 2. The lowest BCUT2D eigenvalue weighted by atomic mass is 9.97. The zero-order chi connectivity index (χ0) is 25.9. The Morgan fingerprint density at radius 1 is 1.00 bits per heavy atom. The number of hydrogen-bond donors (Lipinski definition) is 3. The molecule has 3 aliphatic rings. The van der Waals surface area contributed by atoms with Crippen molar-refractivity contribution in [2.45, 2.75) is 32.1 Å². The van der Waals surface area contributed by atoms with E-state index in [4.69, 9.17) is 4.74 Å². The Morgan fingerprint density at radius 2 is 1.76 bits per heavy atom. The molecule has 10 heteroatoms. The molecule has 0 radical (unpaired) electrons. The van der Waals surface area contributed by atoms with Gasteiger partial charge in [0.15, 0.2) is 0 Å². The summed E-state index contributed by atoms with van der Waals surface area (Å²) in [6, 6.07) is 10.7. The van der Waals surface area contributed by atoms with Gasteiger partial charge in [-0.15, -0.1) is 0 Å². The highest BCUT2D eigenvalue weighted by molar-refractivity contribution is 6.39. The molecule has 5 amide bonds. The minimum absolute atomic E-state index is 0.0838. The summed E-state index contributed by atoms with van der Waals surface area (Å²) in [5, 5.41) is 8.30. The third kappa shape index (κ3) is 5.23. The van der Waals surface area contributed by atoms with Gasteiger partial charge in [-0.25, -0.2) is 4.79 Å². The summed E-state index contributed by atoms with van der Waals surface area (Å²) in [6.45, 7) is 2.22. The lowest BCUT2D eigenvalue weighted by Gasteiger charge is -2.32. The molecule has 0 unspecified atom stereocenters. The molecular formula is C27H31N5O5. The highest BCUT2D eigenvalue weighted by Gasteiger charge is 2.32. The predicted octanol–water partition coefficient (Wildman–Crippen LogP) is 2.53. The van der Waals surface area contributed by atoms with E-state index in [0.29, 0.717) is 43.2 Å². The summed E-state index contributed by atoms with van der Waals surface area (Å²) in [5.74, 6) is -0.559. The van der Waals surface area contributed by atoms with E-state index in [9.17, 15) is 19.2 Å². The standard InChI is InChI=1S/C27H31N5O5/c1-37-22-7-3-2-6-21(22)30-27(36)31-11-8-17(9-12-31)16-28-25(34)26(35)29-20-13-18-5-4-10-32-23(33)15-19(14-20)24(18)32/h2-3,6-7,13-14,17H,4-5,8-12,15-16H2,1H3,(H,28,34)(H,29,35)(H,30,36). The average molecular weight is 506 g/mol. The molecule has 3 N–H and O–H groups in total. The molecule has 194 valence electrons. The zero-order valence-corrected chi connectivity index (χ0v) is 20.8. The first-order valence-electron chi connectivity index (χ1n) is 12.7. The van der Waals surface area contributed by atoms with Crippen molar-refractivity contribution in [2.24, 2.45) is 5.92 Å². The Balaban J connectivity index is 1.08. The summed E-state index contributed by atoms with van der Waals surface area (Å²) in [7, 11) is 1.56. The number of carbonyl (C=O) groups excluding carboxylic acids is 4. The molecule has 2 aromatic carbocycles. The molecule has 0 spiro atoms. The van der Waals surface area contributed by atoms with Crippen molar-refractivity contribution in [2.75, 3.05) is 48.8 Å². The number of methoxy groups -OCH3 is 1. The second-order valence-electron chi connectivity index (χ2n) is 9.69. The fourth-order valence-electron chi connectivity index (χ4n) is 5.34. The van der Waals surface area contributed by atoms with Crippen LogP contribution in [-0.4, -0.2) is 61.9 Å². The minimum atomic E-state index is -0.724. The van der Waals surface area contributed by atoms with Crippen molar-refractivity contribution in [3.05, 3.63) is 47.5 Å². The molecule has 1 saturated heterocycles. The number of urea groups is 1. The molecule has 3 aliphatic heterocycles. The summed E-state index contributed by atoms with van der Waals surface area (Å²) in [4.78, 5) is 53.4. The predicted molar refractivity (Wildman–Crippen MR) is 139 cm³/mol. The maximum Gasteiger partial charge on any atom is 0.321 e. The number of nitrogens with one attached hydrogen (secondary N) is 3. The maximum absolute atomic E-state index is 12.6. The van der Waals surface area contributed by atoms with Gasteiger partial charge in [-0.05, 0) is 67.0 Å². The van der Waals surface area contributed by atoms with Crippen LogP contribution < -0.4 is 25.6 Å². The molecule has 0 atom stereocenters. The van der Waals surface area contributed by atoms with Gasteiger partial charge < -0.3 is 30.5 Å². The van der Waals surface area contributed by atoms with E-state index in [1.807, 2.05) is 23.1 Å². The van der Waals surface area contributed by atoms with E-state index in [1.54, 1.807) is 30.2 Å². The van der Waals surface area contributed by atoms with E-state index in [0.717, 1.165) is 49.0 Å². The molecule has 10 nitrogen and oxygen atoms in total. The molecule has 0 saturated carbocycles. The second kappa shape index (κ2) is 10.5. The molecule has 3 heterocycles. The Bertz CT molecular complexity index is 1240.